The summed E-state index contributed by atoms with van der Waals surface area (Å²) in [6.45, 7) is 4.11. The molecule has 10 atom stereocenters. The van der Waals surface area contributed by atoms with Crippen molar-refractivity contribution >= 4 is 59.1 Å². The lowest BCUT2D eigenvalue weighted by atomic mass is 9.96. The summed E-state index contributed by atoms with van der Waals surface area (Å²) in [4.78, 5) is 138. The van der Waals surface area contributed by atoms with Gasteiger partial charge in [-0.1, -0.05) is 105 Å². The molecule has 24 nitrogen and oxygen atoms in total. The Kier molecular flexibility index (Phi) is 23.7. The fourth-order valence-electron chi connectivity index (χ4n) is 8.96. The van der Waals surface area contributed by atoms with E-state index in [0.29, 0.717) is 28.7 Å². The molecule has 0 aliphatic carbocycles. The van der Waals surface area contributed by atoms with Crippen LogP contribution in [0.15, 0.2) is 109 Å². The van der Waals surface area contributed by atoms with Crippen LogP contribution in [-0.4, -0.2) is 152 Å². The number of amides is 9. The van der Waals surface area contributed by atoms with Crippen molar-refractivity contribution in [1.82, 2.24) is 42.1 Å². The molecule has 9 amide bonds. The van der Waals surface area contributed by atoms with Crippen LogP contribution in [0.2, 0.25) is 0 Å². The average Bonchev–Trinajstić information content (AvgIpc) is 3.95. The van der Waals surface area contributed by atoms with Crippen molar-refractivity contribution in [3.05, 3.63) is 131 Å². The number of carbonyl (C=O) groups excluding carboxylic acids is 9. The SMILES string of the molecule is CC[C@H](C)[C@H](NC(=O)[C@H](Cc1ccc(O)cc1)NC(=O)[C@H](Cc1ccc(O)cc1)NC(=O)[C@@H]1CCCN1C(=O)[C@H](Cc1ccccc1)NC(=O)[C@H](C)NC(=O)[C@@H](N)CO)C(=O)N[C@@H](CC(N)=O)C(=O)N[C@@H](Cc1ccccc1)C(=O)O. The van der Waals surface area contributed by atoms with Gasteiger partial charge in [0.25, 0.3) is 0 Å². The van der Waals surface area contributed by atoms with Crippen LogP contribution >= 0.6 is 0 Å². The Morgan fingerprint density at radius 3 is 1.51 bits per heavy atom. The Morgan fingerprint density at radius 1 is 0.556 bits per heavy atom. The second-order valence-electron chi connectivity index (χ2n) is 20.0. The van der Waals surface area contributed by atoms with E-state index in [9.17, 15) is 68.4 Å². The molecule has 0 aromatic heterocycles. The van der Waals surface area contributed by atoms with Crippen LogP contribution in [0, 0.1) is 5.92 Å². The van der Waals surface area contributed by atoms with E-state index in [2.05, 4.69) is 37.2 Å². The minimum absolute atomic E-state index is 0.0192. The Labute approximate surface area is 468 Å². The number of phenolic OH excluding ortho intramolecular Hbond substituents is 2. The Bertz CT molecular complexity index is 2830. The summed E-state index contributed by atoms with van der Waals surface area (Å²) in [5.74, 6) is -10.0. The van der Waals surface area contributed by atoms with Gasteiger partial charge in [-0.05, 0) is 72.2 Å². The molecule has 0 saturated carbocycles. The molecule has 1 aliphatic heterocycles. The Balaban J connectivity index is 1.41. The molecule has 4 aromatic rings. The van der Waals surface area contributed by atoms with Crippen LogP contribution in [0.3, 0.4) is 0 Å². The monoisotopic (exact) mass is 1120 g/mol. The van der Waals surface area contributed by atoms with E-state index < -0.39 is 132 Å². The topological polar surface area (TPSA) is 391 Å². The van der Waals surface area contributed by atoms with Gasteiger partial charge in [0.05, 0.1) is 13.0 Å². The third-order valence-corrected chi connectivity index (χ3v) is 13.8. The highest BCUT2D eigenvalue weighted by molar-refractivity contribution is 5.99. The number of hydrogen-bond donors (Lipinski definition) is 13. The summed E-state index contributed by atoms with van der Waals surface area (Å²) in [7, 11) is 0. The number of nitrogens with one attached hydrogen (secondary N) is 7. The molecule has 24 heteroatoms. The molecule has 1 saturated heterocycles. The molecular formula is C57H72N10O14. The zero-order chi connectivity index (χ0) is 59.3. The predicted octanol–water partition coefficient (Wildman–Crippen LogP) is -0.901. The van der Waals surface area contributed by atoms with Gasteiger partial charge in [-0.15, -0.1) is 0 Å². The molecule has 81 heavy (non-hydrogen) atoms. The normalized spacial score (nSPS) is 16.3. The van der Waals surface area contributed by atoms with Gasteiger partial charge in [0.2, 0.25) is 53.2 Å². The van der Waals surface area contributed by atoms with Crippen LogP contribution in [0.1, 0.15) is 68.7 Å². The Morgan fingerprint density at radius 2 is 1.00 bits per heavy atom. The average molecular weight is 1120 g/mol. The number of aliphatic carboxylic acids is 1. The fraction of sp³-hybridized carbons (Fsp3) is 0.404. The number of carboxylic acid groups (broad SMARTS) is 1. The highest BCUT2D eigenvalue weighted by Crippen LogP contribution is 2.22. The van der Waals surface area contributed by atoms with Gasteiger partial charge in [0.15, 0.2) is 0 Å². The number of carbonyl (C=O) groups is 10. The number of aromatic hydroxyl groups is 2. The van der Waals surface area contributed by atoms with Gasteiger partial charge in [0.1, 0.15) is 65.9 Å². The van der Waals surface area contributed by atoms with Crippen LogP contribution in [-0.2, 0) is 73.6 Å². The summed E-state index contributed by atoms with van der Waals surface area (Å²) in [6, 6.07) is 16.1. The van der Waals surface area contributed by atoms with Crippen LogP contribution < -0.4 is 48.7 Å². The maximum absolute atomic E-state index is 14.8. The van der Waals surface area contributed by atoms with Crippen LogP contribution in [0.4, 0.5) is 0 Å². The van der Waals surface area contributed by atoms with Gasteiger partial charge in [-0.3, -0.25) is 43.2 Å². The molecule has 1 heterocycles. The minimum atomic E-state index is -1.69. The maximum Gasteiger partial charge on any atom is 0.326 e. The smallest absolute Gasteiger partial charge is 0.326 e. The number of rotatable bonds is 29. The van der Waals surface area contributed by atoms with E-state index in [-0.39, 0.29) is 56.6 Å². The quantitative estimate of drug-likeness (QED) is 0.0313. The standard InChI is InChI=1S/C57H72N10O14/c1-4-32(2)48(55(78)63-43(30-47(59)71)52(75)65-45(57(80)81)29-35-14-9-6-10-15-35)66-53(76)42(27-37-19-23-39(70)24-20-37)61-51(74)41(26-36-17-21-38(69)22-18-36)62-54(77)46-16-11-25-67(46)56(79)44(28-34-12-7-5-8-13-34)64-49(72)33(3)60-50(73)40(58)31-68/h5-10,12-15,17-24,32-33,40-46,48,68-70H,4,11,16,25-31,58H2,1-3H3,(H2,59,71)(H,60,73)(H,61,74)(H,62,77)(H,63,78)(H,64,72)(H,65,75)(H,66,76)(H,80,81)/t32-,33-,40-,41-,42-,43-,44-,45-,46-,48-/m0/s1. The highest BCUT2D eigenvalue weighted by atomic mass is 16.4. The maximum atomic E-state index is 14.8. The lowest BCUT2D eigenvalue weighted by Crippen LogP contribution is -2.61. The molecule has 1 fully saturated rings. The first kappa shape index (κ1) is 62.9. The second-order valence-corrected chi connectivity index (χ2v) is 20.0. The summed E-state index contributed by atoms with van der Waals surface area (Å²) >= 11 is 0. The number of primary amides is 1. The first-order valence-corrected chi connectivity index (χ1v) is 26.5. The number of nitrogens with zero attached hydrogens (tertiary/aromatic N) is 1. The molecule has 434 valence electrons. The summed E-state index contributed by atoms with van der Waals surface area (Å²) in [6.07, 6.45) is -0.590. The molecule has 0 spiro atoms. The molecule has 0 bridgehead atoms. The van der Waals surface area contributed by atoms with Gasteiger partial charge < -0.3 is 74.0 Å². The third kappa shape index (κ3) is 19.2. The van der Waals surface area contributed by atoms with Crippen molar-refractivity contribution in [1.29, 1.82) is 0 Å². The first-order valence-electron chi connectivity index (χ1n) is 26.5. The number of nitrogens with two attached hydrogens (primary N) is 2. The summed E-state index contributed by atoms with van der Waals surface area (Å²) in [5, 5.41) is 57.5. The van der Waals surface area contributed by atoms with E-state index in [1.165, 1.54) is 60.4 Å². The van der Waals surface area contributed by atoms with E-state index in [4.69, 9.17) is 11.5 Å². The Hall–Kier alpha value is -8.90. The number of aliphatic hydroxyl groups excluding tert-OH is 1. The predicted molar refractivity (Wildman–Crippen MR) is 294 cm³/mol. The van der Waals surface area contributed by atoms with E-state index >= 15 is 0 Å². The van der Waals surface area contributed by atoms with Crippen molar-refractivity contribution in [2.75, 3.05) is 13.2 Å². The molecule has 5 rings (SSSR count). The minimum Gasteiger partial charge on any atom is -0.508 e. The number of carboxylic acids is 1. The van der Waals surface area contributed by atoms with Crippen LogP contribution in [0.5, 0.6) is 11.5 Å². The number of aliphatic hydroxyl groups is 1. The van der Waals surface area contributed by atoms with Gasteiger partial charge in [0, 0.05) is 32.2 Å². The third-order valence-electron chi connectivity index (χ3n) is 13.8. The van der Waals surface area contributed by atoms with Crippen molar-refractivity contribution in [3.8, 4) is 11.5 Å². The van der Waals surface area contributed by atoms with Crippen molar-refractivity contribution < 1.29 is 68.4 Å². The van der Waals surface area contributed by atoms with E-state index in [1.54, 1.807) is 74.5 Å². The van der Waals surface area contributed by atoms with Crippen LogP contribution in [0.25, 0.3) is 0 Å². The largest absolute Gasteiger partial charge is 0.508 e. The number of likely N-dealkylation sites (tertiary alicyclic amines) is 1. The van der Waals surface area contributed by atoms with Crippen molar-refractivity contribution in [3.63, 3.8) is 0 Å². The number of hydrogen-bond acceptors (Lipinski definition) is 14. The van der Waals surface area contributed by atoms with E-state index in [1.807, 2.05) is 0 Å². The molecule has 0 radical (unpaired) electrons. The molecule has 0 unspecified atom stereocenters. The van der Waals surface area contributed by atoms with E-state index in [0.717, 1.165) is 0 Å². The first-order chi connectivity index (χ1) is 38.6. The van der Waals surface area contributed by atoms with Gasteiger partial charge >= 0.3 is 5.97 Å². The summed E-state index contributed by atoms with van der Waals surface area (Å²) in [5.41, 5.74) is 13.2. The van der Waals surface area contributed by atoms with Crippen molar-refractivity contribution in [2.24, 2.45) is 17.4 Å². The van der Waals surface area contributed by atoms with Crippen molar-refractivity contribution in [2.45, 2.75) is 127 Å². The summed E-state index contributed by atoms with van der Waals surface area (Å²) < 4.78 is 0. The lowest BCUT2D eigenvalue weighted by Gasteiger charge is -2.31. The van der Waals surface area contributed by atoms with Gasteiger partial charge in [-0.2, -0.15) is 0 Å². The molecule has 4 aromatic carbocycles. The molecular weight excluding hydrogens is 1050 g/mol. The number of phenols is 2. The second kappa shape index (κ2) is 30.5. The highest BCUT2D eigenvalue weighted by Gasteiger charge is 2.41. The lowest BCUT2D eigenvalue weighted by molar-refractivity contribution is -0.142. The molecule has 1 aliphatic rings. The number of benzene rings is 4. The fourth-order valence-corrected chi connectivity index (χ4v) is 8.96. The molecule has 15 N–H and O–H groups in total. The zero-order valence-corrected chi connectivity index (χ0v) is 45.2. The van der Waals surface area contributed by atoms with Gasteiger partial charge in [-0.25, -0.2) is 4.79 Å². The zero-order valence-electron chi connectivity index (χ0n) is 45.2.